The first-order valence-corrected chi connectivity index (χ1v) is 10.8. The minimum atomic E-state index is -4.59. The van der Waals surface area contributed by atoms with Gasteiger partial charge in [-0.25, -0.2) is 4.98 Å². The van der Waals surface area contributed by atoms with Crippen LogP contribution in [0, 0.1) is 11.8 Å². The Morgan fingerprint density at radius 2 is 1.88 bits per heavy atom. The van der Waals surface area contributed by atoms with E-state index in [0.29, 0.717) is 36.2 Å². The van der Waals surface area contributed by atoms with Crippen LogP contribution in [0.3, 0.4) is 0 Å². The number of alkyl halides is 3. The molecule has 0 bridgehead atoms. The lowest BCUT2D eigenvalue weighted by atomic mass is 9.71. The van der Waals surface area contributed by atoms with Gasteiger partial charge in [-0.05, 0) is 60.9 Å². The molecule has 0 amide bonds. The number of carbonyl (C=O) groups is 1. The van der Waals surface area contributed by atoms with Crippen LogP contribution in [0.2, 0.25) is 5.02 Å². The van der Waals surface area contributed by atoms with E-state index in [2.05, 4.69) is 10.3 Å². The smallest absolute Gasteiger partial charge is 0.433 e. The highest BCUT2D eigenvalue weighted by Gasteiger charge is 2.36. The van der Waals surface area contributed by atoms with Gasteiger partial charge < -0.3 is 10.4 Å². The third-order valence-corrected chi connectivity index (χ3v) is 6.41. The Labute approximate surface area is 188 Å². The normalized spacial score (nSPS) is 21.4. The minimum absolute atomic E-state index is 0.0519. The summed E-state index contributed by atoms with van der Waals surface area (Å²) in [7, 11) is 0. The summed E-state index contributed by atoms with van der Waals surface area (Å²) < 4.78 is 40.2. The van der Waals surface area contributed by atoms with Crippen molar-refractivity contribution in [3.63, 3.8) is 0 Å². The maximum Gasteiger partial charge on any atom is 0.433 e. The number of aromatic nitrogens is 1. The third kappa shape index (κ3) is 4.83. The number of benzene rings is 2. The number of anilines is 1. The topological polar surface area (TPSA) is 62.2 Å². The van der Waals surface area contributed by atoms with Gasteiger partial charge in [0.1, 0.15) is 5.69 Å². The second-order valence-electron chi connectivity index (χ2n) is 8.22. The van der Waals surface area contributed by atoms with Crippen LogP contribution >= 0.6 is 11.6 Å². The number of fused-ring (bicyclic) bond motifs is 1. The van der Waals surface area contributed by atoms with Crippen LogP contribution in [0.25, 0.3) is 10.9 Å². The molecular formula is C24H22ClF3N2O2. The second-order valence-corrected chi connectivity index (χ2v) is 8.66. The number of aliphatic carboxylic acids is 1. The molecule has 8 heteroatoms. The predicted molar refractivity (Wildman–Crippen MR) is 118 cm³/mol. The maximum absolute atomic E-state index is 13.4. The minimum Gasteiger partial charge on any atom is -0.481 e. The van der Waals surface area contributed by atoms with Gasteiger partial charge in [0, 0.05) is 22.6 Å². The van der Waals surface area contributed by atoms with Crippen molar-refractivity contribution < 1.29 is 23.1 Å². The van der Waals surface area contributed by atoms with E-state index in [1.165, 1.54) is 12.1 Å². The first-order valence-electron chi connectivity index (χ1n) is 10.4. The van der Waals surface area contributed by atoms with Crippen LogP contribution in [0.1, 0.15) is 36.4 Å². The van der Waals surface area contributed by atoms with Crippen LogP contribution in [-0.2, 0) is 11.0 Å². The molecule has 0 aliphatic heterocycles. The highest BCUT2D eigenvalue weighted by molar-refractivity contribution is 6.31. The average Bonchev–Trinajstić information content (AvgIpc) is 2.77. The number of carboxylic acids is 1. The van der Waals surface area contributed by atoms with Gasteiger partial charge in [0.15, 0.2) is 0 Å². The van der Waals surface area contributed by atoms with Gasteiger partial charge in [0.25, 0.3) is 0 Å². The van der Waals surface area contributed by atoms with Crippen molar-refractivity contribution >= 4 is 34.2 Å². The average molecular weight is 463 g/mol. The molecule has 1 heterocycles. The summed E-state index contributed by atoms with van der Waals surface area (Å²) in [6, 6.07) is 15.4. The standard InChI is InChI=1S/C24H22ClF3N2O2/c25-17-7-9-20-19(11-17)21(12-22(30-20)24(26,27)28)29-13-16-10-15(23(31)32)6-8-18(16)14-4-2-1-3-5-14/h1-5,7,9,11-12,15-16,18H,6,8,10,13H2,(H,29,30)(H,31,32). The number of hydrogen-bond donors (Lipinski definition) is 2. The highest BCUT2D eigenvalue weighted by atomic mass is 35.5. The molecule has 1 aromatic heterocycles. The van der Waals surface area contributed by atoms with E-state index < -0.39 is 23.8 Å². The Hall–Kier alpha value is -2.80. The van der Waals surface area contributed by atoms with Crippen LogP contribution < -0.4 is 5.32 Å². The van der Waals surface area contributed by atoms with Crippen LogP contribution in [0.5, 0.6) is 0 Å². The van der Waals surface area contributed by atoms with Gasteiger partial charge in [-0.2, -0.15) is 13.2 Å². The fraction of sp³-hybridized carbons (Fsp3) is 0.333. The monoisotopic (exact) mass is 462 g/mol. The lowest BCUT2D eigenvalue weighted by Crippen LogP contribution is -2.32. The SMILES string of the molecule is O=C(O)C1CCC(c2ccccc2)C(CNc2cc(C(F)(F)F)nc3ccc(Cl)cc23)C1. The van der Waals surface area contributed by atoms with E-state index in [1.54, 1.807) is 6.07 Å². The zero-order valence-electron chi connectivity index (χ0n) is 17.1. The van der Waals surface area contributed by atoms with Crippen LogP contribution in [0.15, 0.2) is 54.6 Å². The molecule has 3 atom stereocenters. The summed E-state index contributed by atoms with van der Waals surface area (Å²) in [6.07, 6.45) is -2.84. The lowest BCUT2D eigenvalue weighted by molar-refractivity contribution is -0.143. The largest absolute Gasteiger partial charge is 0.481 e. The fourth-order valence-electron chi connectivity index (χ4n) is 4.58. The lowest BCUT2D eigenvalue weighted by Gasteiger charge is -2.35. The van der Waals surface area contributed by atoms with Crippen LogP contribution in [0.4, 0.5) is 18.9 Å². The first kappa shape index (κ1) is 22.4. The number of rotatable bonds is 5. The Bertz CT molecular complexity index is 1120. The van der Waals surface area contributed by atoms with E-state index in [9.17, 15) is 23.1 Å². The van der Waals surface area contributed by atoms with Gasteiger partial charge in [-0.1, -0.05) is 41.9 Å². The van der Waals surface area contributed by atoms with E-state index in [1.807, 2.05) is 30.3 Å². The number of carboxylic acid groups (broad SMARTS) is 1. The molecule has 32 heavy (non-hydrogen) atoms. The molecule has 4 rings (SSSR count). The molecule has 0 saturated heterocycles. The number of pyridine rings is 1. The van der Waals surface area contributed by atoms with Gasteiger partial charge in [0.05, 0.1) is 11.4 Å². The third-order valence-electron chi connectivity index (χ3n) is 6.18. The highest BCUT2D eigenvalue weighted by Crippen LogP contribution is 2.41. The molecule has 1 saturated carbocycles. The zero-order valence-corrected chi connectivity index (χ0v) is 17.8. The van der Waals surface area contributed by atoms with Gasteiger partial charge in [-0.15, -0.1) is 0 Å². The van der Waals surface area contributed by atoms with E-state index in [4.69, 9.17) is 11.6 Å². The van der Waals surface area contributed by atoms with Crippen molar-refractivity contribution in [2.45, 2.75) is 31.4 Å². The molecular weight excluding hydrogens is 441 g/mol. The molecule has 3 unspecified atom stereocenters. The van der Waals surface area contributed by atoms with Crippen LogP contribution in [-0.4, -0.2) is 22.6 Å². The summed E-state index contributed by atoms with van der Waals surface area (Å²) >= 11 is 6.08. The van der Waals surface area contributed by atoms with Crippen molar-refractivity contribution in [2.75, 3.05) is 11.9 Å². The molecule has 3 aromatic rings. The molecule has 2 N–H and O–H groups in total. The van der Waals surface area contributed by atoms with Crippen molar-refractivity contribution in [3.05, 3.63) is 70.9 Å². The Kier molecular flexibility index (Phi) is 6.29. The Balaban J connectivity index is 1.66. The Morgan fingerprint density at radius 1 is 1.12 bits per heavy atom. The van der Waals surface area contributed by atoms with Crippen molar-refractivity contribution in [3.8, 4) is 0 Å². The molecule has 4 nitrogen and oxygen atoms in total. The van der Waals surface area contributed by atoms with E-state index >= 15 is 0 Å². The van der Waals surface area contributed by atoms with E-state index in [0.717, 1.165) is 11.6 Å². The van der Waals surface area contributed by atoms with E-state index in [-0.39, 0.29) is 23.0 Å². The van der Waals surface area contributed by atoms with Crippen molar-refractivity contribution in [1.82, 2.24) is 4.98 Å². The summed E-state index contributed by atoms with van der Waals surface area (Å²) in [4.78, 5) is 15.4. The van der Waals surface area contributed by atoms with Crippen molar-refractivity contribution in [1.29, 1.82) is 0 Å². The summed E-state index contributed by atoms with van der Waals surface area (Å²) in [6.45, 7) is 0.340. The molecule has 1 aliphatic carbocycles. The molecule has 168 valence electrons. The second kappa shape index (κ2) is 8.98. The summed E-state index contributed by atoms with van der Waals surface area (Å²) in [5, 5.41) is 13.6. The predicted octanol–water partition coefficient (Wildman–Crippen LogP) is 6.60. The molecule has 1 aliphatic rings. The number of nitrogens with one attached hydrogen (secondary N) is 1. The zero-order chi connectivity index (χ0) is 22.9. The molecule has 1 fully saturated rings. The quantitative estimate of drug-likeness (QED) is 0.448. The first-order chi connectivity index (χ1) is 15.2. The molecule has 2 aromatic carbocycles. The molecule has 0 spiro atoms. The fourth-order valence-corrected chi connectivity index (χ4v) is 4.76. The van der Waals surface area contributed by atoms with Gasteiger partial charge in [-0.3, -0.25) is 4.79 Å². The number of hydrogen-bond acceptors (Lipinski definition) is 3. The van der Waals surface area contributed by atoms with Crippen molar-refractivity contribution in [2.24, 2.45) is 11.8 Å². The van der Waals surface area contributed by atoms with Gasteiger partial charge in [0.2, 0.25) is 0 Å². The Morgan fingerprint density at radius 3 is 2.56 bits per heavy atom. The summed E-state index contributed by atoms with van der Waals surface area (Å²) in [5.74, 6) is -1.22. The number of halogens is 4. The molecule has 0 radical (unpaired) electrons. The number of nitrogens with zero attached hydrogens (tertiary/aromatic N) is 1. The summed E-state index contributed by atoms with van der Waals surface area (Å²) in [5.41, 5.74) is 0.607. The van der Waals surface area contributed by atoms with Gasteiger partial charge >= 0.3 is 12.1 Å². The maximum atomic E-state index is 13.4.